The third kappa shape index (κ3) is 2.96. The predicted molar refractivity (Wildman–Crippen MR) is 51.8 cm³/mol. The average Bonchev–Trinajstić information content (AvgIpc) is 2.09. The number of ether oxygens (including phenoxy) is 1. The van der Waals surface area contributed by atoms with E-state index in [1.54, 1.807) is 38.1 Å². The van der Waals surface area contributed by atoms with E-state index in [0.29, 0.717) is 10.8 Å². The van der Waals surface area contributed by atoms with E-state index in [-0.39, 0.29) is 0 Å². The molecule has 13 heavy (non-hydrogen) atoms. The van der Waals surface area contributed by atoms with E-state index in [1.807, 2.05) is 6.07 Å². The van der Waals surface area contributed by atoms with Crippen LogP contribution < -0.4 is 4.74 Å². The maximum absolute atomic E-state index is 8.71. The van der Waals surface area contributed by atoms with Crippen LogP contribution in [0.1, 0.15) is 13.8 Å². The van der Waals surface area contributed by atoms with Gasteiger partial charge in [0.25, 0.3) is 0 Å². The number of hydrogen-bond acceptors (Lipinski definition) is 2. The van der Waals surface area contributed by atoms with Crippen molar-refractivity contribution >= 4 is 11.6 Å². The summed E-state index contributed by atoms with van der Waals surface area (Å²) in [5.41, 5.74) is -0.798. The van der Waals surface area contributed by atoms with Crippen LogP contribution in [0.4, 0.5) is 0 Å². The van der Waals surface area contributed by atoms with Crippen LogP contribution in [0.15, 0.2) is 24.3 Å². The molecule has 2 nitrogen and oxygen atoms in total. The van der Waals surface area contributed by atoms with Crippen molar-refractivity contribution in [1.29, 1.82) is 5.26 Å². The average molecular weight is 196 g/mol. The minimum Gasteiger partial charge on any atom is -0.473 e. The number of nitrogens with zero attached hydrogens (tertiary/aromatic N) is 1. The Labute approximate surface area is 82.7 Å². The van der Waals surface area contributed by atoms with Gasteiger partial charge in [0, 0.05) is 5.02 Å². The second-order valence-electron chi connectivity index (χ2n) is 3.18. The Morgan fingerprint density at radius 3 is 2.31 bits per heavy atom. The van der Waals surface area contributed by atoms with Gasteiger partial charge in [0.1, 0.15) is 11.8 Å². The van der Waals surface area contributed by atoms with Crippen molar-refractivity contribution in [3.05, 3.63) is 29.3 Å². The summed E-state index contributed by atoms with van der Waals surface area (Å²) in [7, 11) is 0. The van der Waals surface area contributed by atoms with Crippen molar-refractivity contribution in [3.8, 4) is 11.8 Å². The summed E-state index contributed by atoms with van der Waals surface area (Å²) in [5, 5.41) is 9.36. The van der Waals surface area contributed by atoms with Crippen molar-refractivity contribution in [3.63, 3.8) is 0 Å². The molecule has 0 N–H and O–H groups in total. The van der Waals surface area contributed by atoms with Gasteiger partial charge in [-0.2, -0.15) is 5.26 Å². The lowest BCUT2D eigenvalue weighted by Gasteiger charge is -2.17. The molecule has 0 atom stereocenters. The standard InChI is InChI=1S/C10H10ClNO/c1-10(2,7-12)13-9-5-3-8(11)4-6-9/h3-6H,1-2H3. The molecule has 0 aromatic heterocycles. The lowest BCUT2D eigenvalue weighted by molar-refractivity contribution is 0.170. The second kappa shape index (κ2) is 3.68. The highest BCUT2D eigenvalue weighted by Crippen LogP contribution is 2.20. The van der Waals surface area contributed by atoms with Gasteiger partial charge < -0.3 is 4.74 Å². The molecule has 0 aliphatic carbocycles. The summed E-state index contributed by atoms with van der Waals surface area (Å²) < 4.78 is 5.39. The zero-order valence-electron chi connectivity index (χ0n) is 7.54. The number of halogens is 1. The van der Waals surface area contributed by atoms with Crippen LogP contribution in [0, 0.1) is 11.3 Å². The zero-order chi connectivity index (χ0) is 9.90. The number of benzene rings is 1. The number of nitriles is 1. The summed E-state index contributed by atoms with van der Waals surface area (Å²) in [6.45, 7) is 3.42. The molecule has 0 aliphatic rings. The van der Waals surface area contributed by atoms with E-state index < -0.39 is 5.60 Å². The van der Waals surface area contributed by atoms with Crippen molar-refractivity contribution < 1.29 is 4.74 Å². The van der Waals surface area contributed by atoms with Crippen molar-refractivity contribution in [2.75, 3.05) is 0 Å². The van der Waals surface area contributed by atoms with Gasteiger partial charge in [-0.3, -0.25) is 0 Å². The highest BCUT2D eigenvalue weighted by Gasteiger charge is 2.17. The smallest absolute Gasteiger partial charge is 0.188 e. The molecule has 3 heteroatoms. The summed E-state index contributed by atoms with van der Waals surface area (Å²) >= 11 is 5.70. The molecule has 0 bridgehead atoms. The summed E-state index contributed by atoms with van der Waals surface area (Å²) in [5.74, 6) is 0.649. The molecule has 1 aromatic rings. The van der Waals surface area contributed by atoms with Gasteiger partial charge in [0.05, 0.1) is 0 Å². The first-order valence-electron chi connectivity index (χ1n) is 3.89. The van der Waals surface area contributed by atoms with Gasteiger partial charge in [-0.15, -0.1) is 0 Å². The third-order valence-electron chi connectivity index (χ3n) is 1.46. The molecule has 0 amide bonds. The van der Waals surface area contributed by atoms with Crippen LogP contribution in [-0.2, 0) is 0 Å². The Morgan fingerprint density at radius 1 is 1.31 bits per heavy atom. The first-order valence-corrected chi connectivity index (χ1v) is 4.27. The lowest BCUT2D eigenvalue weighted by Crippen LogP contribution is -2.25. The zero-order valence-corrected chi connectivity index (χ0v) is 8.30. The van der Waals surface area contributed by atoms with Crippen LogP contribution in [0.2, 0.25) is 5.02 Å². The van der Waals surface area contributed by atoms with Gasteiger partial charge >= 0.3 is 0 Å². The van der Waals surface area contributed by atoms with Crippen LogP contribution >= 0.6 is 11.6 Å². The van der Waals surface area contributed by atoms with E-state index in [4.69, 9.17) is 21.6 Å². The van der Waals surface area contributed by atoms with Crippen LogP contribution in [-0.4, -0.2) is 5.60 Å². The molecular formula is C10H10ClNO. The van der Waals surface area contributed by atoms with Crippen LogP contribution in [0.5, 0.6) is 5.75 Å². The Balaban J connectivity index is 2.77. The SMILES string of the molecule is CC(C)(C#N)Oc1ccc(Cl)cc1. The molecule has 1 aromatic carbocycles. The summed E-state index contributed by atoms with van der Waals surface area (Å²) in [6.07, 6.45) is 0. The van der Waals surface area contributed by atoms with Gasteiger partial charge in [0.15, 0.2) is 5.60 Å². The molecular weight excluding hydrogens is 186 g/mol. The monoisotopic (exact) mass is 195 g/mol. The first kappa shape index (κ1) is 9.88. The Morgan fingerprint density at radius 2 is 1.85 bits per heavy atom. The van der Waals surface area contributed by atoms with Crippen LogP contribution in [0.25, 0.3) is 0 Å². The molecule has 0 radical (unpaired) electrons. The fourth-order valence-corrected chi connectivity index (χ4v) is 0.946. The van der Waals surface area contributed by atoms with E-state index in [2.05, 4.69) is 0 Å². The normalized spacial score (nSPS) is 10.6. The van der Waals surface area contributed by atoms with Gasteiger partial charge in [-0.05, 0) is 38.1 Å². The number of hydrogen-bond donors (Lipinski definition) is 0. The highest BCUT2D eigenvalue weighted by atomic mass is 35.5. The van der Waals surface area contributed by atoms with Crippen molar-refractivity contribution in [2.45, 2.75) is 19.4 Å². The minimum atomic E-state index is -0.798. The van der Waals surface area contributed by atoms with Crippen molar-refractivity contribution in [1.82, 2.24) is 0 Å². The van der Waals surface area contributed by atoms with E-state index in [1.165, 1.54) is 0 Å². The molecule has 0 unspecified atom stereocenters. The Hall–Kier alpha value is -1.20. The van der Waals surface area contributed by atoms with Crippen LogP contribution in [0.3, 0.4) is 0 Å². The highest BCUT2D eigenvalue weighted by molar-refractivity contribution is 6.30. The van der Waals surface area contributed by atoms with E-state index in [9.17, 15) is 0 Å². The Kier molecular flexibility index (Phi) is 2.79. The lowest BCUT2D eigenvalue weighted by atomic mass is 10.2. The molecule has 0 saturated carbocycles. The number of rotatable bonds is 2. The Bertz CT molecular complexity index is 324. The molecule has 1 rings (SSSR count). The molecule has 0 saturated heterocycles. The fraction of sp³-hybridized carbons (Fsp3) is 0.300. The van der Waals surface area contributed by atoms with Gasteiger partial charge in [-0.1, -0.05) is 11.6 Å². The van der Waals surface area contributed by atoms with Gasteiger partial charge in [-0.25, -0.2) is 0 Å². The molecule has 0 aliphatic heterocycles. The minimum absolute atomic E-state index is 0.649. The third-order valence-corrected chi connectivity index (χ3v) is 1.71. The van der Waals surface area contributed by atoms with E-state index in [0.717, 1.165) is 0 Å². The first-order chi connectivity index (χ1) is 6.03. The maximum Gasteiger partial charge on any atom is 0.188 e. The summed E-state index contributed by atoms with van der Waals surface area (Å²) in [6, 6.07) is 8.98. The molecule has 0 spiro atoms. The van der Waals surface area contributed by atoms with Crippen molar-refractivity contribution in [2.24, 2.45) is 0 Å². The maximum atomic E-state index is 8.71. The molecule has 0 heterocycles. The second-order valence-corrected chi connectivity index (χ2v) is 3.61. The summed E-state index contributed by atoms with van der Waals surface area (Å²) in [4.78, 5) is 0. The van der Waals surface area contributed by atoms with E-state index >= 15 is 0 Å². The fourth-order valence-electron chi connectivity index (χ4n) is 0.820. The topological polar surface area (TPSA) is 33.0 Å². The quantitative estimate of drug-likeness (QED) is 0.727. The van der Waals surface area contributed by atoms with Gasteiger partial charge in [0.2, 0.25) is 0 Å². The largest absolute Gasteiger partial charge is 0.473 e. The predicted octanol–water partition coefficient (Wildman–Crippen LogP) is 3.02. The molecule has 68 valence electrons. The molecule has 0 fully saturated rings.